The van der Waals surface area contributed by atoms with Gasteiger partial charge in [0.05, 0.1) is 15.6 Å². The predicted molar refractivity (Wildman–Crippen MR) is 61.8 cm³/mol. The SMILES string of the molecule is Fc1cc(Cl)c(C#CCCS)c(Cl)c1. The van der Waals surface area contributed by atoms with Crippen molar-refractivity contribution in [3.63, 3.8) is 0 Å². The number of rotatable bonds is 1. The summed E-state index contributed by atoms with van der Waals surface area (Å²) in [5.74, 6) is 5.83. The summed E-state index contributed by atoms with van der Waals surface area (Å²) in [6.07, 6.45) is 0.646. The molecule has 4 heteroatoms. The molecule has 0 bridgehead atoms. The normalized spacial score (nSPS) is 9.43. The van der Waals surface area contributed by atoms with E-state index in [1.54, 1.807) is 0 Å². The molecule has 0 unspecified atom stereocenters. The van der Waals surface area contributed by atoms with Crippen molar-refractivity contribution in [1.29, 1.82) is 0 Å². The molecule has 0 nitrogen and oxygen atoms in total. The van der Waals surface area contributed by atoms with E-state index in [-0.39, 0.29) is 10.0 Å². The van der Waals surface area contributed by atoms with E-state index in [9.17, 15) is 4.39 Å². The quantitative estimate of drug-likeness (QED) is 0.568. The average Bonchev–Trinajstić information content (AvgIpc) is 2.09. The highest BCUT2D eigenvalue weighted by Gasteiger charge is 2.05. The topological polar surface area (TPSA) is 0 Å². The highest BCUT2D eigenvalue weighted by molar-refractivity contribution is 7.80. The molecule has 1 aromatic carbocycles. The lowest BCUT2D eigenvalue weighted by Gasteiger charge is -1.99. The molecule has 1 aromatic rings. The van der Waals surface area contributed by atoms with Crippen LogP contribution in [0.15, 0.2) is 12.1 Å². The first-order chi connectivity index (χ1) is 6.65. The van der Waals surface area contributed by atoms with Crippen molar-refractivity contribution >= 4 is 35.8 Å². The Labute approximate surface area is 97.8 Å². The van der Waals surface area contributed by atoms with Gasteiger partial charge in [-0.3, -0.25) is 0 Å². The highest BCUT2D eigenvalue weighted by Crippen LogP contribution is 2.24. The van der Waals surface area contributed by atoms with Crippen molar-refractivity contribution in [2.75, 3.05) is 5.75 Å². The smallest absolute Gasteiger partial charge is 0.126 e. The van der Waals surface area contributed by atoms with E-state index in [0.717, 1.165) is 0 Å². The minimum Gasteiger partial charge on any atom is -0.207 e. The molecular weight excluding hydrogens is 242 g/mol. The van der Waals surface area contributed by atoms with E-state index in [0.29, 0.717) is 17.7 Å². The Morgan fingerprint density at radius 2 is 1.86 bits per heavy atom. The summed E-state index contributed by atoms with van der Waals surface area (Å²) in [6, 6.07) is 2.39. The second kappa shape index (κ2) is 5.50. The van der Waals surface area contributed by atoms with E-state index in [1.165, 1.54) is 12.1 Å². The van der Waals surface area contributed by atoms with Crippen LogP contribution < -0.4 is 0 Å². The maximum atomic E-state index is 12.8. The number of hydrogen-bond acceptors (Lipinski definition) is 1. The molecule has 0 heterocycles. The molecule has 1 rings (SSSR count). The van der Waals surface area contributed by atoms with Crippen molar-refractivity contribution in [2.45, 2.75) is 6.42 Å². The molecule has 0 aliphatic rings. The largest absolute Gasteiger partial charge is 0.207 e. The van der Waals surface area contributed by atoms with Crippen LogP contribution in [0.1, 0.15) is 12.0 Å². The van der Waals surface area contributed by atoms with Gasteiger partial charge in [-0.25, -0.2) is 4.39 Å². The molecule has 0 aliphatic heterocycles. The minimum absolute atomic E-state index is 0.238. The van der Waals surface area contributed by atoms with E-state index in [1.807, 2.05) is 0 Å². The predicted octanol–water partition coefficient (Wildman–Crippen LogP) is 3.80. The second-order valence-electron chi connectivity index (χ2n) is 2.52. The Morgan fingerprint density at radius 3 is 2.36 bits per heavy atom. The van der Waals surface area contributed by atoms with E-state index < -0.39 is 5.82 Å². The van der Waals surface area contributed by atoms with Gasteiger partial charge in [0, 0.05) is 12.2 Å². The molecule has 14 heavy (non-hydrogen) atoms. The third kappa shape index (κ3) is 3.09. The Bertz CT molecular complexity index is 370. The van der Waals surface area contributed by atoms with Crippen molar-refractivity contribution in [3.8, 4) is 11.8 Å². The number of hydrogen-bond donors (Lipinski definition) is 1. The zero-order chi connectivity index (χ0) is 10.6. The van der Waals surface area contributed by atoms with Gasteiger partial charge in [0.1, 0.15) is 5.82 Å². The number of halogens is 3. The molecule has 0 N–H and O–H groups in total. The second-order valence-corrected chi connectivity index (χ2v) is 3.78. The summed E-state index contributed by atoms with van der Waals surface area (Å²) in [7, 11) is 0. The molecular formula is C10H7Cl2FS. The van der Waals surface area contributed by atoms with E-state index >= 15 is 0 Å². The summed E-state index contributed by atoms with van der Waals surface area (Å²) in [5, 5.41) is 0.475. The van der Waals surface area contributed by atoms with Gasteiger partial charge in [0.2, 0.25) is 0 Å². The van der Waals surface area contributed by atoms with Crippen LogP contribution in [0.5, 0.6) is 0 Å². The van der Waals surface area contributed by atoms with Crippen LogP contribution in [0.4, 0.5) is 4.39 Å². The fourth-order valence-corrected chi connectivity index (χ4v) is 1.54. The molecule has 0 aliphatic carbocycles. The van der Waals surface area contributed by atoms with Gasteiger partial charge in [0.25, 0.3) is 0 Å². The van der Waals surface area contributed by atoms with Crippen molar-refractivity contribution in [1.82, 2.24) is 0 Å². The maximum absolute atomic E-state index is 12.8. The number of benzene rings is 1. The third-order valence-corrected chi connectivity index (χ3v) is 2.28. The fraction of sp³-hybridized carbons (Fsp3) is 0.200. The first-order valence-corrected chi connectivity index (χ1v) is 5.28. The summed E-state index contributed by atoms with van der Waals surface area (Å²) in [4.78, 5) is 0. The lowest BCUT2D eigenvalue weighted by Crippen LogP contribution is -1.83. The van der Waals surface area contributed by atoms with Gasteiger partial charge in [0.15, 0.2) is 0 Å². The number of thiol groups is 1. The van der Waals surface area contributed by atoms with Crippen LogP contribution in [0.3, 0.4) is 0 Å². The first-order valence-electron chi connectivity index (χ1n) is 3.89. The van der Waals surface area contributed by atoms with Gasteiger partial charge in [-0.15, -0.1) is 0 Å². The molecule has 0 radical (unpaired) electrons. The summed E-state index contributed by atoms with van der Waals surface area (Å²) in [6.45, 7) is 0. The van der Waals surface area contributed by atoms with Crippen LogP contribution >= 0.6 is 35.8 Å². The lowest BCUT2D eigenvalue weighted by molar-refractivity contribution is 0.628. The molecule has 74 valence electrons. The molecule has 0 spiro atoms. The van der Waals surface area contributed by atoms with Crippen molar-refractivity contribution < 1.29 is 4.39 Å². The van der Waals surface area contributed by atoms with Gasteiger partial charge in [-0.05, 0) is 12.1 Å². The monoisotopic (exact) mass is 248 g/mol. The lowest BCUT2D eigenvalue weighted by atomic mass is 10.2. The maximum Gasteiger partial charge on any atom is 0.126 e. The average molecular weight is 249 g/mol. The van der Waals surface area contributed by atoms with Crippen LogP contribution in [0, 0.1) is 17.7 Å². The molecule has 0 amide bonds. The Hall–Kier alpha value is -0.360. The Kier molecular flexibility index (Phi) is 4.60. The standard InChI is InChI=1S/C10H7Cl2FS/c11-9-5-7(13)6-10(12)8(9)3-1-2-4-14/h5-6,14H,2,4H2. The van der Waals surface area contributed by atoms with Crippen molar-refractivity contribution in [2.24, 2.45) is 0 Å². The zero-order valence-corrected chi connectivity index (χ0v) is 9.56. The molecule has 0 aromatic heterocycles. The highest BCUT2D eigenvalue weighted by atomic mass is 35.5. The van der Waals surface area contributed by atoms with E-state index in [4.69, 9.17) is 23.2 Å². The van der Waals surface area contributed by atoms with Gasteiger partial charge in [-0.1, -0.05) is 35.0 Å². The van der Waals surface area contributed by atoms with Crippen LogP contribution in [-0.4, -0.2) is 5.75 Å². The third-order valence-electron chi connectivity index (χ3n) is 1.46. The molecule has 0 saturated carbocycles. The summed E-state index contributed by atoms with van der Waals surface area (Å²) in [5.41, 5.74) is 0.469. The summed E-state index contributed by atoms with van der Waals surface area (Å²) < 4.78 is 12.8. The first kappa shape index (κ1) is 11.7. The summed E-state index contributed by atoms with van der Waals surface area (Å²) >= 11 is 15.5. The minimum atomic E-state index is -0.459. The van der Waals surface area contributed by atoms with Crippen LogP contribution in [0.25, 0.3) is 0 Å². The van der Waals surface area contributed by atoms with Crippen LogP contribution in [-0.2, 0) is 0 Å². The fourth-order valence-electron chi connectivity index (χ4n) is 0.868. The van der Waals surface area contributed by atoms with Gasteiger partial charge < -0.3 is 0 Å². The molecule has 0 fully saturated rings. The zero-order valence-electron chi connectivity index (χ0n) is 7.15. The Morgan fingerprint density at radius 1 is 1.29 bits per heavy atom. The molecule has 0 atom stereocenters. The van der Waals surface area contributed by atoms with Crippen LogP contribution in [0.2, 0.25) is 10.0 Å². The van der Waals surface area contributed by atoms with Gasteiger partial charge in [-0.2, -0.15) is 12.6 Å². The Balaban J connectivity index is 3.04. The van der Waals surface area contributed by atoms with Crippen molar-refractivity contribution in [3.05, 3.63) is 33.6 Å². The van der Waals surface area contributed by atoms with E-state index in [2.05, 4.69) is 24.5 Å². The molecule has 0 saturated heterocycles. The van der Waals surface area contributed by atoms with Gasteiger partial charge >= 0.3 is 0 Å².